The van der Waals surface area contributed by atoms with Crippen LogP contribution in [0.4, 0.5) is 5.82 Å². The quantitative estimate of drug-likeness (QED) is 0.617. The molecule has 1 aromatic carbocycles. The molecule has 0 fully saturated rings. The number of nitrogen functional groups attached to an aromatic ring is 1. The van der Waals surface area contributed by atoms with Crippen LogP contribution < -0.4 is 5.73 Å². The van der Waals surface area contributed by atoms with Gasteiger partial charge < -0.3 is 20.5 Å². The van der Waals surface area contributed by atoms with Gasteiger partial charge in [-0.3, -0.25) is 0 Å². The van der Waals surface area contributed by atoms with Gasteiger partial charge in [0, 0.05) is 6.07 Å². The van der Waals surface area contributed by atoms with Crippen LogP contribution in [0.5, 0.6) is 11.5 Å². The van der Waals surface area contributed by atoms with Crippen molar-refractivity contribution in [2.24, 2.45) is 0 Å². The lowest BCUT2D eigenvalue weighted by molar-refractivity contribution is 0.396. The number of hydrogen-bond donors (Lipinski definition) is 3. The topological polar surface area (TPSA) is 92.5 Å². The minimum Gasteiger partial charge on any atom is -0.504 e. The first kappa shape index (κ1) is 9.39. The molecule has 2 aromatic rings. The Morgan fingerprint density at radius 1 is 1.27 bits per heavy atom. The molecule has 0 bridgehead atoms. The largest absolute Gasteiger partial charge is 0.504 e. The Bertz CT molecular complexity index is 505. The third-order valence-electron chi connectivity index (χ3n) is 2.15. The lowest BCUT2D eigenvalue weighted by Crippen LogP contribution is -1.81. The summed E-state index contributed by atoms with van der Waals surface area (Å²) in [5, 5.41) is 22.7. The van der Waals surface area contributed by atoms with E-state index in [1.54, 1.807) is 19.1 Å². The number of phenols is 2. The number of nitrogens with two attached hydrogens (primary N) is 1. The molecule has 5 nitrogen and oxygen atoms in total. The predicted molar refractivity (Wildman–Crippen MR) is 54.4 cm³/mol. The smallest absolute Gasteiger partial charge is 0.172 e. The molecule has 0 aliphatic carbocycles. The third kappa shape index (κ3) is 1.48. The van der Waals surface area contributed by atoms with E-state index < -0.39 is 0 Å². The fourth-order valence-corrected chi connectivity index (χ4v) is 1.30. The zero-order chi connectivity index (χ0) is 11.0. The van der Waals surface area contributed by atoms with Crippen molar-refractivity contribution in [1.82, 2.24) is 5.16 Å². The number of phenolic OH excluding ortho intramolecular Hbond substituents is 2. The molecule has 0 saturated carbocycles. The summed E-state index contributed by atoms with van der Waals surface area (Å²) in [5.74, 6) is 0.151. The van der Waals surface area contributed by atoms with Crippen molar-refractivity contribution in [2.45, 2.75) is 6.92 Å². The highest BCUT2D eigenvalue weighted by atomic mass is 16.5. The van der Waals surface area contributed by atoms with Crippen molar-refractivity contribution in [3.05, 3.63) is 23.8 Å². The van der Waals surface area contributed by atoms with Crippen LogP contribution in [0, 0.1) is 6.92 Å². The maximum absolute atomic E-state index is 9.66. The zero-order valence-corrected chi connectivity index (χ0v) is 8.06. The van der Waals surface area contributed by atoms with Gasteiger partial charge in [-0.2, -0.15) is 0 Å². The molecular weight excluding hydrogens is 196 g/mol. The van der Waals surface area contributed by atoms with Gasteiger partial charge in [-0.15, -0.1) is 0 Å². The fourth-order valence-electron chi connectivity index (χ4n) is 1.30. The van der Waals surface area contributed by atoms with Gasteiger partial charge in [0.05, 0.1) is 5.56 Å². The molecule has 0 aliphatic rings. The highest BCUT2D eigenvalue weighted by molar-refractivity contribution is 5.71. The normalized spacial score (nSPS) is 10.5. The number of rotatable bonds is 1. The molecule has 0 aliphatic heterocycles. The number of aryl methyl sites for hydroxylation is 1. The van der Waals surface area contributed by atoms with Gasteiger partial charge in [0.2, 0.25) is 0 Å². The summed E-state index contributed by atoms with van der Waals surface area (Å²) in [4.78, 5) is 0. The lowest BCUT2D eigenvalue weighted by atomic mass is 10.1. The van der Waals surface area contributed by atoms with E-state index in [4.69, 9.17) is 10.3 Å². The molecule has 78 valence electrons. The minimum atomic E-state index is -0.230. The summed E-state index contributed by atoms with van der Waals surface area (Å²) >= 11 is 0. The molecule has 4 N–H and O–H groups in total. The zero-order valence-electron chi connectivity index (χ0n) is 8.06. The Morgan fingerprint density at radius 3 is 2.60 bits per heavy atom. The molecule has 0 unspecified atom stereocenters. The maximum Gasteiger partial charge on any atom is 0.172 e. The van der Waals surface area contributed by atoms with E-state index in [0.717, 1.165) is 0 Å². The van der Waals surface area contributed by atoms with Gasteiger partial charge in [-0.25, -0.2) is 0 Å². The van der Waals surface area contributed by atoms with Crippen molar-refractivity contribution < 1.29 is 14.7 Å². The average molecular weight is 206 g/mol. The Kier molecular flexibility index (Phi) is 2.00. The second-order valence-electron chi connectivity index (χ2n) is 3.24. The van der Waals surface area contributed by atoms with Gasteiger partial charge in [0.15, 0.2) is 23.1 Å². The molecule has 2 rings (SSSR count). The Labute approximate surface area is 85.7 Å². The highest BCUT2D eigenvalue weighted by Crippen LogP contribution is 2.38. The lowest BCUT2D eigenvalue weighted by Gasteiger charge is -2.04. The van der Waals surface area contributed by atoms with Crippen LogP contribution in [-0.2, 0) is 0 Å². The second kappa shape index (κ2) is 3.20. The van der Waals surface area contributed by atoms with E-state index in [-0.39, 0.29) is 17.3 Å². The van der Waals surface area contributed by atoms with Crippen LogP contribution in [0.25, 0.3) is 11.3 Å². The number of aromatic nitrogens is 1. The van der Waals surface area contributed by atoms with E-state index in [9.17, 15) is 10.2 Å². The number of aromatic hydroxyl groups is 2. The van der Waals surface area contributed by atoms with Gasteiger partial charge in [-0.1, -0.05) is 11.2 Å². The summed E-state index contributed by atoms with van der Waals surface area (Å²) < 4.78 is 4.88. The Balaban J connectivity index is 2.59. The molecule has 15 heavy (non-hydrogen) atoms. The van der Waals surface area contributed by atoms with Gasteiger partial charge in [0.25, 0.3) is 0 Å². The number of anilines is 1. The van der Waals surface area contributed by atoms with Crippen molar-refractivity contribution in [1.29, 1.82) is 0 Å². The SMILES string of the molecule is Cc1ccc(-c2cc(N)no2)c(O)c1O. The maximum atomic E-state index is 9.66. The molecule has 1 heterocycles. The molecule has 0 saturated heterocycles. The van der Waals surface area contributed by atoms with E-state index >= 15 is 0 Å². The monoisotopic (exact) mass is 206 g/mol. The van der Waals surface area contributed by atoms with Crippen LogP contribution in [0.15, 0.2) is 22.7 Å². The average Bonchev–Trinajstić information content (AvgIpc) is 2.61. The first-order valence-electron chi connectivity index (χ1n) is 4.33. The van der Waals surface area contributed by atoms with Gasteiger partial charge >= 0.3 is 0 Å². The number of nitrogens with zero attached hydrogens (tertiary/aromatic N) is 1. The summed E-state index contributed by atoms with van der Waals surface area (Å²) in [5.41, 5.74) is 6.34. The summed E-state index contributed by atoms with van der Waals surface area (Å²) in [6.07, 6.45) is 0. The van der Waals surface area contributed by atoms with Crippen molar-refractivity contribution in [3.8, 4) is 22.8 Å². The first-order chi connectivity index (χ1) is 7.09. The highest BCUT2D eigenvalue weighted by Gasteiger charge is 2.14. The van der Waals surface area contributed by atoms with Crippen LogP contribution >= 0.6 is 0 Å². The van der Waals surface area contributed by atoms with E-state index in [1.807, 2.05) is 0 Å². The molecule has 1 aromatic heterocycles. The Hall–Kier alpha value is -2.17. The standard InChI is InChI=1S/C10H10N2O3/c1-5-2-3-6(10(14)9(5)13)7-4-8(11)12-15-7/h2-4,13-14H,1H3,(H2,11,12). The molecule has 5 heteroatoms. The molecule has 0 atom stereocenters. The summed E-state index contributed by atoms with van der Waals surface area (Å²) in [6.45, 7) is 1.69. The molecule has 0 spiro atoms. The van der Waals surface area contributed by atoms with Crippen molar-refractivity contribution in [3.63, 3.8) is 0 Å². The fraction of sp³-hybridized carbons (Fsp3) is 0.100. The van der Waals surface area contributed by atoms with Crippen LogP contribution in [0.1, 0.15) is 5.56 Å². The van der Waals surface area contributed by atoms with E-state index in [1.165, 1.54) is 6.07 Å². The summed E-state index contributed by atoms with van der Waals surface area (Å²) in [6, 6.07) is 4.78. The minimum absolute atomic E-state index is 0.164. The Morgan fingerprint density at radius 2 is 2.00 bits per heavy atom. The molecule has 0 radical (unpaired) electrons. The van der Waals surface area contributed by atoms with Gasteiger partial charge in [-0.05, 0) is 18.6 Å². The van der Waals surface area contributed by atoms with E-state index in [2.05, 4.69) is 5.16 Å². The first-order valence-corrected chi connectivity index (χ1v) is 4.33. The summed E-state index contributed by atoms with van der Waals surface area (Å²) in [7, 11) is 0. The van der Waals surface area contributed by atoms with Crippen molar-refractivity contribution >= 4 is 5.82 Å². The number of benzene rings is 1. The second-order valence-corrected chi connectivity index (χ2v) is 3.24. The van der Waals surface area contributed by atoms with Crippen LogP contribution in [-0.4, -0.2) is 15.4 Å². The number of hydrogen-bond acceptors (Lipinski definition) is 5. The molecular formula is C10H10N2O3. The van der Waals surface area contributed by atoms with Crippen LogP contribution in [0.2, 0.25) is 0 Å². The predicted octanol–water partition coefficient (Wildman–Crippen LogP) is 1.64. The van der Waals surface area contributed by atoms with E-state index in [0.29, 0.717) is 16.9 Å². The third-order valence-corrected chi connectivity index (χ3v) is 2.15. The van der Waals surface area contributed by atoms with Crippen molar-refractivity contribution in [2.75, 3.05) is 5.73 Å². The van der Waals surface area contributed by atoms with Crippen LogP contribution in [0.3, 0.4) is 0 Å². The van der Waals surface area contributed by atoms with Gasteiger partial charge in [0.1, 0.15) is 0 Å². The molecule has 0 amide bonds.